The Bertz CT molecular complexity index is 610. The zero-order valence-corrected chi connectivity index (χ0v) is 12.1. The van der Waals surface area contributed by atoms with Gasteiger partial charge in [-0.1, -0.05) is 24.3 Å². The number of aliphatic hydroxyl groups is 1. The van der Waals surface area contributed by atoms with Crippen molar-refractivity contribution >= 4 is 0 Å². The predicted molar refractivity (Wildman–Crippen MR) is 79.7 cm³/mol. The van der Waals surface area contributed by atoms with E-state index >= 15 is 0 Å². The van der Waals surface area contributed by atoms with E-state index in [4.69, 9.17) is 9.47 Å². The number of fused-ring (bicyclic) bond motifs is 1. The molecule has 4 heteroatoms. The lowest BCUT2D eigenvalue weighted by Gasteiger charge is -2.22. The van der Waals surface area contributed by atoms with Crippen LogP contribution in [0.3, 0.4) is 0 Å². The maximum absolute atomic E-state index is 10.5. The van der Waals surface area contributed by atoms with Gasteiger partial charge in [0.1, 0.15) is 5.75 Å². The highest BCUT2D eigenvalue weighted by Crippen LogP contribution is 2.34. The molecule has 1 aliphatic heterocycles. The lowest BCUT2D eigenvalue weighted by molar-refractivity contribution is 0.169. The molecule has 0 spiro atoms. The molecule has 110 valence electrons. The van der Waals surface area contributed by atoms with Gasteiger partial charge >= 0.3 is 0 Å². The number of aryl methyl sites for hydroxylation is 1. The van der Waals surface area contributed by atoms with Crippen molar-refractivity contribution in [3.05, 3.63) is 53.2 Å². The number of ether oxygens (including phenoxy) is 2. The van der Waals surface area contributed by atoms with Crippen molar-refractivity contribution in [3.63, 3.8) is 0 Å². The summed E-state index contributed by atoms with van der Waals surface area (Å²) in [6.07, 6.45) is 3.71. The SMILES string of the molecule is COc1ccc(CC(O)c2cccc3c2OCCC3)cn1. The molecule has 21 heavy (non-hydrogen) atoms. The van der Waals surface area contributed by atoms with Gasteiger partial charge in [-0.2, -0.15) is 0 Å². The van der Waals surface area contributed by atoms with E-state index < -0.39 is 6.10 Å². The summed E-state index contributed by atoms with van der Waals surface area (Å²) in [7, 11) is 1.59. The Balaban J connectivity index is 1.80. The van der Waals surface area contributed by atoms with Gasteiger partial charge < -0.3 is 14.6 Å². The van der Waals surface area contributed by atoms with E-state index in [1.165, 1.54) is 5.56 Å². The Morgan fingerprint density at radius 3 is 3.00 bits per heavy atom. The van der Waals surface area contributed by atoms with Gasteiger partial charge in [0, 0.05) is 24.2 Å². The number of aliphatic hydroxyl groups excluding tert-OH is 1. The van der Waals surface area contributed by atoms with Crippen LogP contribution in [-0.4, -0.2) is 23.8 Å². The van der Waals surface area contributed by atoms with Crippen LogP contribution in [0.15, 0.2) is 36.5 Å². The lowest BCUT2D eigenvalue weighted by Crippen LogP contribution is -2.13. The first-order valence-corrected chi connectivity index (χ1v) is 7.19. The molecule has 2 heterocycles. The van der Waals surface area contributed by atoms with Crippen molar-refractivity contribution in [1.82, 2.24) is 4.98 Å². The van der Waals surface area contributed by atoms with Gasteiger partial charge in [0.25, 0.3) is 0 Å². The molecule has 2 aromatic rings. The smallest absolute Gasteiger partial charge is 0.212 e. The molecule has 1 unspecified atom stereocenters. The normalized spacial score (nSPS) is 15.0. The first-order chi connectivity index (χ1) is 10.3. The molecule has 0 saturated heterocycles. The molecule has 1 aromatic carbocycles. The summed E-state index contributed by atoms with van der Waals surface area (Å²) in [5, 5.41) is 10.5. The minimum absolute atomic E-state index is 0.511. The maximum Gasteiger partial charge on any atom is 0.212 e. The Kier molecular flexibility index (Phi) is 4.06. The number of para-hydroxylation sites is 1. The fourth-order valence-corrected chi connectivity index (χ4v) is 2.66. The Morgan fingerprint density at radius 1 is 1.33 bits per heavy atom. The van der Waals surface area contributed by atoms with Crippen LogP contribution < -0.4 is 9.47 Å². The lowest BCUT2D eigenvalue weighted by atomic mass is 9.96. The number of benzene rings is 1. The van der Waals surface area contributed by atoms with Crippen molar-refractivity contribution < 1.29 is 14.6 Å². The number of pyridine rings is 1. The van der Waals surface area contributed by atoms with Crippen LogP contribution in [0.25, 0.3) is 0 Å². The van der Waals surface area contributed by atoms with E-state index in [1.807, 2.05) is 18.2 Å². The third kappa shape index (κ3) is 3.00. The van der Waals surface area contributed by atoms with Crippen LogP contribution in [0.5, 0.6) is 11.6 Å². The fourth-order valence-electron chi connectivity index (χ4n) is 2.66. The van der Waals surface area contributed by atoms with Crippen LogP contribution in [0.4, 0.5) is 0 Å². The monoisotopic (exact) mass is 285 g/mol. The summed E-state index contributed by atoms with van der Waals surface area (Å²) in [5.74, 6) is 1.44. The van der Waals surface area contributed by atoms with Gasteiger partial charge in [0.2, 0.25) is 5.88 Å². The average molecular weight is 285 g/mol. The van der Waals surface area contributed by atoms with Crippen molar-refractivity contribution in [1.29, 1.82) is 0 Å². The van der Waals surface area contributed by atoms with Crippen LogP contribution in [-0.2, 0) is 12.8 Å². The molecule has 3 rings (SSSR count). The summed E-state index contributed by atoms with van der Waals surface area (Å²) in [6.45, 7) is 0.723. The van der Waals surface area contributed by atoms with Gasteiger partial charge in [0.05, 0.1) is 19.8 Å². The minimum atomic E-state index is -0.590. The van der Waals surface area contributed by atoms with Gasteiger partial charge in [-0.3, -0.25) is 0 Å². The molecule has 1 aromatic heterocycles. The van der Waals surface area contributed by atoms with Crippen LogP contribution in [0.1, 0.15) is 29.2 Å². The highest BCUT2D eigenvalue weighted by Gasteiger charge is 2.19. The molecule has 0 fully saturated rings. The second-order valence-electron chi connectivity index (χ2n) is 5.22. The largest absolute Gasteiger partial charge is 0.493 e. The first-order valence-electron chi connectivity index (χ1n) is 7.19. The second-order valence-corrected chi connectivity index (χ2v) is 5.22. The molecule has 0 amide bonds. The number of hydrogen-bond donors (Lipinski definition) is 1. The summed E-state index contributed by atoms with van der Waals surface area (Å²) in [5.41, 5.74) is 3.02. The number of rotatable bonds is 4. The van der Waals surface area contributed by atoms with E-state index in [9.17, 15) is 5.11 Å². The first kappa shape index (κ1) is 13.9. The second kappa shape index (κ2) is 6.14. The van der Waals surface area contributed by atoms with Gasteiger partial charge in [-0.25, -0.2) is 4.98 Å². The summed E-state index contributed by atoms with van der Waals surface area (Å²) < 4.78 is 10.8. The third-order valence-corrected chi connectivity index (χ3v) is 3.76. The topological polar surface area (TPSA) is 51.6 Å². The summed E-state index contributed by atoms with van der Waals surface area (Å²) in [4.78, 5) is 4.17. The summed E-state index contributed by atoms with van der Waals surface area (Å²) in [6, 6.07) is 9.72. The fraction of sp³-hybridized carbons (Fsp3) is 0.353. The zero-order chi connectivity index (χ0) is 14.7. The number of aromatic nitrogens is 1. The molecule has 0 aliphatic carbocycles. The molecule has 4 nitrogen and oxygen atoms in total. The highest BCUT2D eigenvalue weighted by atomic mass is 16.5. The van der Waals surface area contributed by atoms with Crippen molar-refractivity contribution in [2.45, 2.75) is 25.4 Å². The molecular weight excluding hydrogens is 266 g/mol. The Morgan fingerprint density at radius 2 is 2.24 bits per heavy atom. The van der Waals surface area contributed by atoms with E-state index in [2.05, 4.69) is 11.1 Å². The Labute approximate surface area is 124 Å². The predicted octanol–water partition coefficient (Wildman–Crippen LogP) is 2.69. The summed E-state index contributed by atoms with van der Waals surface area (Å²) >= 11 is 0. The Hall–Kier alpha value is -2.07. The van der Waals surface area contributed by atoms with E-state index in [1.54, 1.807) is 19.4 Å². The van der Waals surface area contributed by atoms with Crippen LogP contribution >= 0.6 is 0 Å². The molecule has 1 aliphatic rings. The number of methoxy groups -OCH3 is 1. The van der Waals surface area contributed by atoms with Gasteiger partial charge in [-0.05, 0) is 24.0 Å². The van der Waals surface area contributed by atoms with Crippen molar-refractivity contribution in [3.8, 4) is 11.6 Å². The number of nitrogens with zero attached hydrogens (tertiary/aromatic N) is 1. The third-order valence-electron chi connectivity index (χ3n) is 3.76. The molecule has 0 saturated carbocycles. The average Bonchev–Trinajstić information content (AvgIpc) is 2.55. The van der Waals surface area contributed by atoms with Gasteiger partial charge in [0.15, 0.2) is 0 Å². The molecule has 0 radical (unpaired) electrons. The van der Waals surface area contributed by atoms with E-state index in [0.29, 0.717) is 12.3 Å². The van der Waals surface area contributed by atoms with E-state index in [-0.39, 0.29) is 0 Å². The van der Waals surface area contributed by atoms with Crippen LogP contribution in [0, 0.1) is 0 Å². The standard InChI is InChI=1S/C17H19NO3/c1-20-16-8-7-12(11-18-16)10-15(19)14-6-2-4-13-5-3-9-21-17(13)14/h2,4,6-8,11,15,19H,3,5,9-10H2,1H3. The molecular formula is C17H19NO3. The zero-order valence-electron chi connectivity index (χ0n) is 12.1. The van der Waals surface area contributed by atoms with Crippen LogP contribution in [0.2, 0.25) is 0 Å². The molecule has 1 atom stereocenters. The minimum Gasteiger partial charge on any atom is -0.493 e. The quantitative estimate of drug-likeness (QED) is 0.938. The highest BCUT2D eigenvalue weighted by molar-refractivity contribution is 5.44. The maximum atomic E-state index is 10.5. The molecule has 1 N–H and O–H groups in total. The van der Waals surface area contributed by atoms with Crippen molar-refractivity contribution in [2.24, 2.45) is 0 Å². The number of hydrogen-bond acceptors (Lipinski definition) is 4. The molecule has 0 bridgehead atoms. The van der Waals surface area contributed by atoms with Crippen molar-refractivity contribution in [2.75, 3.05) is 13.7 Å². The van der Waals surface area contributed by atoms with E-state index in [0.717, 1.165) is 36.3 Å². The van der Waals surface area contributed by atoms with Gasteiger partial charge in [-0.15, -0.1) is 0 Å².